The van der Waals surface area contributed by atoms with Gasteiger partial charge in [0, 0.05) is 12.1 Å². The number of para-hydroxylation sites is 1. The Bertz CT molecular complexity index is 433. The molecular formula is C13H16N2O3. The van der Waals surface area contributed by atoms with Crippen LogP contribution in [0, 0.1) is 0 Å². The molecule has 1 aromatic rings. The highest BCUT2D eigenvalue weighted by molar-refractivity contribution is 5.89. The Kier molecular flexibility index (Phi) is 3.82. The molecule has 1 heterocycles. The second-order valence-electron chi connectivity index (χ2n) is 4.11. The third-order valence-corrected chi connectivity index (χ3v) is 2.79. The van der Waals surface area contributed by atoms with Crippen molar-refractivity contribution in [1.29, 1.82) is 0 Å². The van der Waals surface area contributed by atoms with Crippen molar-refractivity contribution in [2.24, 2.45) is 0 Å². The maximum atomic E-state index is 11.7. The number of anilines is 1. The van der Waals surface area contributed by atoms with Gasteiger partial charge in [0.25, 0.3) is 0 Å². The predicted molar refractivity (Wildman–Crippen MR) is 67.4 cm³/mol. The lowest BCUT2D eigenvalue weighted by Crippen LogP contribution is -2.34. The van der Waals surface area contributed by atoms with E-state index < -0.39 is 0 Å². The van der Waals surface area contributed by atoms with Crippen LogP contribution in [-0.4, -0.2) is 31.2 Å². The van der Waals surface area contributed by atoms with Crippen LogP contribution >= 0.6 is 0 Å². The maximum absolute atomic E-state index is 11.7. The molecule has 5 nitrogen and oxygen atoms in total. The molecule has 0 aromatic heterocycles. The standard InChI is InChI=1S/C13H16N2O3/c1-2-12(16)14-8-11-9-15(13(17)18-11)10-6-4-3-5-7-10/h3-7,11H,2,8-9H2,1H3,(H,14,16)/t11-/m1/s1. The van der Waals surface area contributed by atoms with E-state index in [0.717, 1.165) is 5.69 Å². The van der Waals surface area contributed by atoms with E-state index >= 15 is 0 Å². The molecule has 1 fully saturated rings. The average molecular weight is 248 g/mol. The van der Waals surface area contributed by atoms with E-state index in [0.29, 0.717) is 19.5 Å². The van der Waals surface area contributed by atoms with Crippen LogP contribution in [0.25, 0.3) is 0 Å². The molecule has 1 aromatic carbocycles. The Morgan fingerprint density at radius 2 is 2.17 bits per heavy atom. The molecule has 1 atom stereocenters. The van der Waals surface area contributed by atoms with Crippen molar-refractivity contribution >= 4 is 17.7 Å². The van der Waals surface area contributed by atoms with Gasteiger partial charge in [-0.25, -0.2) is 4.79 Å². The SMILES string of the molecule is CCC(=O)NC[C@@H]1CN(c2ccccc2)C(=O)O1. The first-order valence-electron chi connectivity index (χ1n) is 6.00. The zero-order valence-electron chi connectivity index (χ0n) is 10.3. The van der Waals surface area contributed by atoms with Crippen LogP contribution in [0.5, 0.6) is 0 Å². The van der Waals surface area contributed by atoms with Gasteiger partial charge in [-0.15, -0.1) is 0 Å². The largest absolute Gasteiger partial charge is 0.442 e. The maximum Gasteiger partial charge on any atom is 0.414 e. The number of hydrogen-bond donors (Lipinski definition) is 1. The predicted octanol–water partition coefficient (Wildman–Crippen LogP) is 1.54. The van der Waals surface area contributed by atoms with E-state index in [-0.39, 0.29) is 18.1 Å². The lowest BCUT2D eigenvalue weighted by Gasteiger charge is -2.12. The van der Waals surface area contributed by atoms with Crippen molar-refractivity contribution in [2.45, 2.75) is 19.4 Å². The van der Waals surface area contributed by atoms with E-state index in [2.05, 4.69) is 5.32 Å². The first-order chi connectivity index (χ1) is 8.70. The Morgan fingerprint density at radius 1 is 1.44 bits per heavy atom. The molecule has 5 heteroatoms. The highest BCUT2D eigenvalue weighted by atomic mass is 16.6. The molecule has 0 radical (unpaired) electrons. The van der Waals surface area contributed by atoms with Gasteiger partial charge in [-0.3, -0.25) is 9.69 Å². The lowest BCUT2D eigenvalue weighted by atomic mass is 10.2. The zero-order chi connectivity index (χ0) is 13.0. The summed E-state index contributed by atoms with van der Waals surface area (Å²) < 4.78 is 5.20. The molecule has 1 N–H and O–H groups in total. The van der Waals surface area contributed by atoms with Crippen LogP contribution in [0.3, 0.4) is 0 Å². The normalized spacial score (nSPS) is 18.6. The molecule has 0 spiro atoms. The molecule has 1 aliphatic heterocycles. The van der Waals surface area contributed by atoms with Gasteiger partial charge in [-0.1, -0.05) is 25.1 Å². The van der Waals surface area contributed by atoms with Crippen LogP contribution in [0.1, 0.15) is 13.3 Å². The monoisotopic (exact) mass is 248 g/mol. The van der Waals surface area contributed by atoms with E-state index in [4.69, 9.17) is 4.74 Å². The molecular weight excluding hydrogens is 232 g/mol. The van der Waals surface area contributed by atoms with Gasteiger partial charge in [0.2, 0.25) is 5.91 Å². The number of rotatable bonds is 4. The minimum atomic E-state index is -0.364. The van der Waals surface area contributed by atoms with Crippen LogP contribution in [0.2, 0.25) is 0 Å². The Morgan fingerprint density at radius 3 is 2.83 bits per heavy atom. The number of nitrogens with zero attached hydrogens (tertiary/aromatic N) is 1. The van der Waals surface area contributed by atoms with Gasteiger partial charge in [0.05, 0.1) is 13.1 Å². The summed E-state index contributed by atoms with van der Waals surface area (Å²) in [5.41, 5.74) is 0.812. The van der Waals surface area contributed by atoms with E-state index in [1.165, 1.54) is 0 Å². The summed E-state index contributed by atoms with van der Waals surface area (Å²) in [5, 5.41) is 2.72. The molecule has 2 rings (SSSR count). The summed E-state index contributed by atoms with van der Waals surface area (Å²) in [6.45, 7) is 2.61. The fourth-order valence-corrected chi connectivity index (χ4v) is 1.80. The Labute approximate surface area is 106 Å². The Balaban J connectivity index is 1.93. The minimum Gasteiger partial charge on any atom is -0.442 e. The number of hydrogen-bond acceptors (Lipinski definition) is 3. The molecule has 1 aliphatic rings. The highest BCUT2D eigenvalue weighted by Gasteiger charge is 2.32. The van der Waals surface area contributed by atoms with Gasteiger partial charge in [-0.2, -0.15) is 0 Å². The van der Waals surface area contributed by atoms with Crippen molar-refractivity contribution in [2.75, 3.05) is 18.0 Å². The highest BCUT2D eigenvalue weighted by Crippen LogP contribution is 2.20. The van der Waals surface area contributed by atoms with Gasteiger partial charge < -0.3 is 10.1 Å². The quantitative estimate of drug-likeness (QED) is 0.879. The number of carbonyl (C=O) groups excluding carboxylic acids is 2. The second kappa shape index (κ2) is 5.53. The first-order valence-corrected chi connectivity index (χ1v) is 6.00. The Hall–Kier alpha value is -2.04. The van der Waals surface area contributed by atoms with Gasteiger partial charge in [0.1, 0.15) is 6.10 Å². The summed E-state index contributed by atoms with van der Waals surface area (Å²) in [4.78, 5) is 24.4. The number of carbonyl (C=O) groups is 2. The number of benzene rings is 1. The van der Waals surface area contributed by atoms with Gasteiger partial charge in [-0.05, 0) is 12.1 Å². The van der Waals surface area contributed by atoms with Crippen LogP contribution in [-0.2, 0) is 9.53 Å². The van der Waals surface area contributed by atoms with Crippen LogP contribution < -0.4 is 10.2 Å². The topological polar surface area (TPSA) is 58.6 Å². The van der Waals surface area contributed by atoms with Gasteiger partial charge in [0.15, 0.2) is 0 Å². The number of ether oxygens (including phenoxy) is 1. The van der Waals surface area contributed by atoms with E-state index in [9.17, 15) is 9.59 Å². The fraction of sp³-hybridized carbons (Fsp3) is 0.385. The van der Waals surface area contributed by atoms with E-state index in [1.807, 2.05) is 30.3 Å². The summed E-state index contributed by atoms with van der Waals surface area (Å²) >= 11 is 0. The zero-order valence-corrected chi connectivity index (χ0v) is 10.3. The van der Waals surface area contributed by atoms with Gasteiger partial charge >= 0.3 is 6.09 Å². The van der Waals surface area contributed by atoms with Crippen LogP contribution in [0.4, 0.5) is 10.5 Å². The van der Waals surface area contributed by atoms with Crippen molar-refractivity contribution in [1.82, 2.24) is 5.32 Å². The number of cyclic esters (lactones) is 1. The van der Waals surface area contributed by atoms with Crippen LogP contribution in [0.15, 0.2) is 30.3 Å². The average Bonchev–Trinajstić information content (AvgIpc) is 2.78. The third-order valence-electron chi connectivity index (χ3n) is 2.79. The fourth-order valence-electron chi connectivity index (χ4n) is 1.80. The third kappa shape index (κ3) is 2.80. The number of nitrogens with one attached hydrogen (secondary N) is 1. The lowest BCUT2D eigenvalue weighted by molar-refractivity contribution is -0.121. The van der Waals surface area contributed by atoms with Crippen molar-refractivity contribution in [3.63, 3.8) is 0 Å². The van der Waals surface area contributed by atoms with E-state index in [1.54, 1.807) is 11.8 Å². The summed E-state index contributed by atoms with van der Waals surface area (Å²) in [6.07, 6.45) is -0.214. The van der Waals surface area contributed by atoms with Crippen molar-refractivity contribution in [3.05, 3.63) is 30.3 Å². The molecule has 18 heavy (non-hydrogen) atoms. The smallest absolute Gasteiger partial charge is 0.414 e. The minimum absolute atomic E-state index is 0.0378. The molecule has 96 valence electrons. The second-order valence-corrected chi connectivity index (χ2v) is 4.11. The molecule has 0 unspecified atom stereocenters. The number of amides is 2. The van der Waals surface area contributed by atoms with Crippen molar-refractivity contribution < 1.29 is 14.3 Å². The summed E-state index contributed by atoms with van der Waals surface area (Å²) in [7, 11) is 0. The molecule has 0 saturated carbocycles. The van der Waals surface area contributed by atoms with Crippen molar-refractivity contribution in [3.8, 4) is 0 Å². The molecule has 0 bridgehead atoms. The molecule has 1 saturated heterocycles. The summed E-state index contributed by atoms with van der Waals surface area (Å²) in [6, 6.07) is 9.34. The molecule has 0 aliphatic carbocycles. The summed E-state index contributed by atoms with van der Waals surface area (Å²) in [5.74, 6) is -0.0378. The first kappa shape index (κ1) is 12.4. The molecule has 2 amide bonds.